The first-order valence-electron chi connectivity index (χ1n) is 11.2. The molecular formula is C25H29NO4S. The van der Waals surface area contributed by atoms with Crippen LogP contribution in [0.25, 0.3) is 0 Å². The first-order valence-corrected chi connectivity index (χ1v) is 12.6. The van der Waals surface area contributed by atoms with Crippen molar-refractivity contribution >= 4 is 21.7 Å². The predicted octanol–water partition coefficient (Wildman–Crippen LogP) is 4.74. The number of sulfonamides is 1. The molecule has 164 valence electrons. The van der Waals surface area contributed by atoms with Crippen molar-refractivity contribution in [1.82, 2.24) is 0 Å². The maximum atomic E-state index is 13.2. The zero-order valence-electron chi connectivity index (χ0n) is 17.8. The van der Waals surface area contributed by atoms with Crippen molar-refractivity contribution in [2.45, 2.75) is 55.8 Å². The maximum Gasteiger partial charge on any atom is 0.324 e. The summed E-state index contributed by atoms with van der Waals surface area (Å²) in [6.45, 7) is 1.28. The van der Waals surface area contributed by atoms with Crippen LogP contribution in [-0.2, 0) is 20.2 Å². The molecule has 0 spiro atoms. The Bertz CT molecular complexity index is 1050. The van der Waals surface area contributed by atoms with Gasteiger partial charge in [-0.05, 0) is 98.4 Å². The summed E-state index contributed by atoms with van der Waals surface area (Å²) in [7, 11) is -3.97. The Hall–Kier alpha value is -2.34. The maximum absolute atomic E-state index is 13.2. The second-order valence-corrected chi connectivity index (χ2v) is 11.8. The number of aryl methyl sites for hydroxylation is 1. The van der Waals surface area contributed by atoms with Gasteiger partial charge in [0.15, 0.2) is 0 Å². The highest BCUT2D eigenvalue weighted by Crippen LogP contribution is 2.60. The van der Waals surface area contributed by atoms with Crippen LogP contribution in [-0.4, -0.2) is 26.0 Å². The van der Waals surface area contributed by atoms with Gasteiger partial charge in [0.2, 0.25) is 0 Å². The van der Waals surface area contributed by atoms with Gasteiger partial charge < -0.3 is 5.11 Å². The van der Waals surface area contributed by atoms with E-state index in [1.165, 1.54) is 56.2 Å². The highest BCUT2D eigenvalue weighted by molar-refractivity contribution is 7.92. The normalized spacial score (nSPS) is 29.1. The average molecular weight is 440 g/mol. The highest BCUT2D eigenvalue weighted by Gasteiger charge is 2.51. The Balaban J connectivity index is 1.47. The van der Waals surface area contributed by atoms with E-state index in [1.807, 2.05) is 19.1 Å². The second kappa shape index (κ2) is 7.37. The Morgan fingerprint density at radius 2 is 1.45 bits per heavy atom. The van der Waals surface area contributed by atoms with E-state index in [-0.39, 0.29) is 10.3 Å². The van der Waals surface area contributed by atoms with Gasteiger partial charge in [-0.1, -0.05) is 29.8 Å². The summed E-state index contributed by atoms with van der Waals surface area (Å²) in [6, 6.07) is 14.2. The summed E-state index contributed by atoms with van der Waals surface area (Å²) in [4.78, 5) is 11.6. The summed E-state index contributed by atoms with van der Waals surface area (Å²) in [5.74, 6) is 1.31. The lowest BCUT2D eigenvalue weighted by molar-refractivity contribution is -0.135. The minimum atomic E-state index is -3.97. The van der Waals surface area contributed by atoms with Crippen LogP contribution in [0.3, 0.4) is 0 Å². The van der Waals surface area contributed by atoms with Gasteiger partial charge in [0.25, 0.3) is 10.0 Å². The van der Waals surface area contributed by atoms with Gasteiger partial charge in [0, 0.05) is 0 Å². The summed E-state index contributed by atoms with van der Waals surface area (Å²) in [5.41, 5.74) is 2.86. The molecule has 0 radical (unpaired) electrons. The molecule has 5 nitrogen and oxygen atoms in total. The summed E-state index contributed by atoms with van der Waals surface area (Å²) < 4.78 is 27.5. The molecule has 0 heterocycles. The summed E-state index contributed by atoms with van der Waals surface area (Å²) in [5, 5.41) is 9.40. The molecule has 1 N–H and O–H groups in total. The zero-order valence-corrected chi connectivity index (χ0v) is 18.6. The molecule has 4 bridgehead atoms. The fourth-order valence-electron chi connectivity index (χ4n) is 6.72. The zero-order chi connectivity index (χ0) is 21.8. The number of aliphatic carboxylic acids is 1. The van der Waals surface area contributed by atoms with E-state index in [2.05, 4.69) is 0 Å². The van der Waals surface area contributed by atoms with Gasteiger partial charge in [-0.25, -0.2) is 8.42 Å². The fraction of sp³-hybridized carbons (Fsp3) is 0.480. The van der Waals surface area contributed by atoms with Crippen LogP contribution in [0.2, 0.25) is 0 Å². The number of anilines is 1. The van der Waals surface area contributed by atoms with Crippen LogP contribution >= 0.6 is 0 Å². The largest absolute Gasteiger partial charge is 0.480 e. The number of hydrogen-bond donors (Lipinski definition) is 1. The predicted molar refractivity (Wildman–Crippen MR) is 120 cm³/mol. The van der Waals surface area contributed by atoms with Crippen molar-refractivity contribution in [3.63, 3.8) is 0 Å². The van der Waals surface area contributed by atoms with Crippen LogP contribution in [0, 0.1) is 24.7 Å². The molecule has 31 heavy (non-hydrogen) atoms. The first-order chi connectivity index (χ1) is 14.7. The van der Waals surface area contributed by atoms with E-state index >= 15 is 0 Å². The summed E-state index contributed by atoms with van der Waals surface area (Å²) >= 11 is 0. The number of hydrogen-bond acceptors (Lipinski definition) is 3. The van der Waals surface area contributed by atoms with Gasteiger partial charge in [0.05, 0.1) is 10.6 Å². The molecule has 4 aliphatic carbocycles. The van der Waals surface area contributed by atoms with E-state index in [9.17, 15) is 18.3 Å². The van der Waals surface area contributed by atoms with Crippen molar-refractivity contribution in [3.05, 3.63) is 59.7 Å². The molecule has 4 fully saturated rings. The number of nitrogens with zero attached hydrogens (tertiary/aromatic N) is 1. The molecule has 0 aromatic heterocycles. The molecule has 6 heteroatoms. The first kappa shape index (κ1) is 20.6. The summed E-state index contributed by atoms with van der Waals surface area (Å²) in [6.07, 6.45) is 7.83. The van der Waals surface area contributed by atoms with Gasteiger partial charge in [-0.3, -0.25) is 9.10 Å². The third-order valence-corrected chi connectivity index (χ3v) is 9.48. The molecular weight excluding hydrogens is 410 g/mol. The average Bonchev–Trinajstić information content (AvgIpc) is 2.71. The quantitative estimate of drug-likeness (QED) is 0.705. The third-order valence-electron chi connectivity index (χ3n) is 7.69. The van der Waals surface area contributed by atoms with Gasteiger partial charge >= 0.3 is 5.97 Å². The molecule has 6 rings (SSSR count). The molecule has 0 atom stereocenters. The van der Waals surface area contributed by atoms with E-state index in [4.69, 9.17) is 0 Å². The number of carboxylic acids is 1. The van der Waals surface area contributed by atoms with Crippen LogP contribution in [0.5, 0.6) is 0 Å². The monoisotopic (exact) mass is 439 g/mol. The molecule has 0 amide bonds. The van der Waals surface area contributed by atoms with Crippen LogP contribution in [0.4, 0.5) is 5.69 Å². The molecule has 4 aliphatic rings. The van der Waals surface area contributed by atoms with Crippen LogP contribution < -0.4 is 4.31 Å². The van der Waals surface area contributed by atoms with Crippen molar-refractivity contribution in [3.8, 4) is 0 Å². The Labute approximate surface area is 184 Å². The Morgan fingerprint density at radius 1 is 0.935 bits per heavy atom. The molecule has 0 unspecified atom stereocenters. The number of benzene rings is 2. The second-order valence-electron chi connectivity index (χ2n) is 9.96. The SMILES string of the molecule is Cc1ccc(S(=O)(=O)N(CC(=O)O)c2ccc(C34CC5CC(CC(C5)C3)C4)cc2)cc1. The molecule has 2 aromatic carbocycles. The smallest absolute Gasteiger partial charge is 0.324 e. The number of rotatable bonds is 6. The Kier molecular flexibility index (Phi) is 4.88. The minimum absolute atomic E-state index is 0.101. The number of carboxylic acid groups (broad SMARTS) is 1. The van der Waals surface area contributed by atoms with Crippen LogP contribution in [0.15, 0.2) is 53.4 Å². The van der Waals surface area contributed by atoms with Crippen molar-refractivity contribution in [1.29, 1.82) is 0 Å². The lowest BCUT2D eigenvalue weighted by Crippen LogP contribution is -2.48. The van der Waals surface area contributed by atoms with E-state index in [0.717, 1.165) is 27.6 Å². The van der Waals surface area contributed by atoms with Crippen LogP contribution in [0.1, 0.15) is 49.7 Å². The fourth-order valence-corrected chi connectivity index (χ4v) is 8.13. The third kappa shape index (κ3) is 3.65. The molecule has 0 aliphatic heterocycles. The molecule has 4 saturated carbocycles. The lowest BCUT2D eigenvalue weighted by atomic mass is 9.48. The topological polar surface area (TPSA) is 74.7 Å². The van der Waals surface area contributed by atoms with Crippen molar-refractivity contribution in [2.24, 2.45) is 17.8 Å². The van der Waals surface area contributed by atoms with Gasteiger partial charge in [0.1, 0.15) is 6.54 Å². The van der Waals surface area contributed by atoms with E-state index in [0.29, 0.717) is 5.69 Å². The van der Waals surface area contributed by atoms with Gasteiger partial charge in [-0.2, -0.15) is 0 Å². The van der Waals surface area contributed by atoms with E-state index in [1.54, 1.807) is 24.3 Å². The molecule has 0 saturated heterocycles. The standard InChI is InChI=1S/C25H29NO4S/c1-17-2-8-23(9-3-17)31(29,30)26(16-24(27)28)22-6-4-21(5-7-22)25-13-18-10-19(14-25)12-20(11-18)15-25/h2-9,18-20H,10-16H2,1H3,(H,27,28). The van der Waals surface area contributed by atoms with Gasteiger partial charge in [-0.15, -0.1) is 0 Å². The minimum Gasteiger partial charge on any atom is -0.480 e. The number of carbonyl (C=O) groups is 1. The lowest BCUT2D eigenvalue weighted by Gasteiger charge is -2.57. The highest BCUT2D eigenvalue weighted by atomic mass is 32.2. The van der Waals surface area contributed by atoms with Crippen molar-refractivity contribution < 1.29 is 18.3 Å². The molecule has 2 aromatic rings. The van der Waals surface area contributed by atoms with Crippen molar-refractivity contribution in [2.75, 3.05) is 10.8 Å². The van der Waals surface area contributed by atoms with E-state index < -0.39 is 22.5 Å². The Morgan fingerprint density at radius 3 is 1.94 bits per heavy atom.